The summed E-state index contributed by atoms with van der Waals surface area (Å²) in [6.07, 6.45) is 5.88. The lowest BCUT2D eigenvalue weighted by atomic mass is 9.73. The van der Waals surface area contributed by atoms with Crippen LogP contribution in [0.1, 0.15) is 48.3 Å². The van der Waals surface area contributed by atoms with Crippen molar-refractivity contribution in [3.05, 3.63) is 331 Å². The molecule has 0 aliphatic heterocycles. The Hall–Kier alpha value is -10.1. The van der Waals surface area contributed by atoms with Gasteiger partial charge < -0.3 is 0 Å². The van der Waals surface area contributed by atoms with E-state index in [0.29, 0.717) is 0 Å². The molecule has 1 aliphatic carbocycles. The van der Waals surface area contributed by atoms with Crippen LogP contribution in [0.4, 0.5) is 0 Å². The van der Waals surface area contributed by atoms with Crippen LogP contribution in [0.25, 0.3) is 94.6 Å². The number of nitrogens with one attached hydrogen (secondary N) is 1. The Bertz CT molecular complexity index is 4080. The van der Waals surface area contributed by atoms with E-state index < -0.39 is 0 Å². The maximum Gasteiger partial charge on any atom is 0.126 e. The molecule has 2 unspecified atom stereocenters. The monoisotopic (exact) mass is 1010 g/mol. The van der Waals surface area contributed by atoms with E-state index >= 15 is 0 Å². The first kappa shape index (κ1) is 49.8. The summed E-state index contributed by atoms with van der Waals surface area (Å²) in [6.45, 7) is 4.39. The normalized spacial score (nSPS) is 12.6. The molecule has 2 nitrogen and oxygen atoms in total. The standard InChI is InChI=1S/C77H56N2/c1-54(56-30-12-3-13-31-56)78-77(64-46-28-11-29-47-64)79-55(2)66-50-67(69-49-48-65(57-32-14-4-15-33-57)53-70(69)58-34-16-5-17-35-58)52-68(51-66)76-74(62-42-24-9-25-43-62)72(60-38-20-7-21-39-60)71(59-36-18-6-19-37-59)73(61-40-22-8-23-41-61)75(76)63-44-26-10-27-45-63/h3-5,7,9-18,20-22,24-54,77-78H,1-2H3/b79-55+. The molecule has 0 bridgehead atoms. The summed E-state index contributed by atoms with van der Waals surface area (Å²) in [6, 6.07) is 102. The Morgan fingerprint density at radius 1 is 0.392 bits per heavy atom. The third-order valence-electron chi connectivity index (χ3n) is 14.9. The van der Waals surface area contributed by atoms with Gasteiger partial charge in [-0.2, -0.15) is 0 Å². The summed E-state index contributed by atoms with van der Waals surface area (Å²) in [4.78, 5) is 5.72. The third-order valence-corrected chi connectivity index (χ3v) is 14.9. The van der Waals surface area contributed by atoms with Gasteiger partial charge in [0.25, 0.3) is 0 Å². The van der Waals surface area contributed by atoms with Crippen molar-refractivity contribution in [3.63, 3.8) is 0 Å². The minimum atomic E-state index is -0.352. The zero-order valence-corrected chi connectivity index (χ0v) is 44.2. The zero-order chi connectivity index (χ0) is 53.3. The number of rotatable bonds is 15. The Kier molecular flexibility index (Phi) is 14.5. The molecule has 11 aromatic rings. The van der Waals surface area contributed by atoms with Crippen LogP contribution in [0.15, 0.2) is 302 Å². The van der Waals surface area contributed by atoms with E-state index in [1.807, 2.05) is 12.1 Å². The van der Waals surface area contributed by atoms with Crippen molar-refractivity contribution in [2.75, 3.05) is 0 Å². The smallest absolute Gasteiger partial charge is 0.126 e. The predicted molar refractivity (Wildman–Crippen MR) is 331 cm³/mol. The molecule has 0 fully saturated rings. The summed E-state index contributed by atoms with van der Waals surface area (Å²) in [7, 11) is 0. The molecule has 11 aromatic carbocycles. The Morgan fingerprint density at radius 2 is 0.886 bits per heavy atom. The van der Waals surface area contributed by atoms with Gasteiger partial charge in [0.05, 0.1) is 0 Å². The minimum Gasteiger partial charge on any atom is -0.285 e. The van der Waals surface area contributed by atoms with Crippen molar-refractivity contribution in [1.82, 2.24) is 5.32 Å². The van der Waals surface area contributed by atoms with Crippen LogP contribution in [-0.2, 0) is 0 Å². The van der Waals surface area contributed by atoms with Crippen molar-refractivity contribution in [3.8, 4) is 89.0 Å². The van der Waals surface area contributed by atoms with Gasteiger partial charge in [-0.15, -0.1) is 0 Å². The number of hydrogen-bond donors (Lipinski definition) is 1. The van der Waals surface area contributed by atoms with E-state index in [4.69, 9.17) is 4.99 Å². The lowest BCUT2D eigenvalue weighted by Crippen LogP contribution is -2.24. The van der Waals surface area contributed by atoms with Gasteiger partial charge in [0.2, 0.25) is 0 Å². The first-order chi connectivity index (χ1) is 39.1. The van der Waals surface area contributed by atoms with Crippen LogP contribution < -0.4 is 5.32 Å². The van der Waals surface area contributed by atoms with Gasteiger partial charge in [0.15, 0.2) is 0 Å². The van der Waals surface area contributed by atoms with Gasteiger partial charge in [0, 0.05) is 11.8 Å². The molecule has 1 aliphatic rings. The van der Waals surface area contributed by atoms with E-state index in [1.165, 1.54) is 11.1 Å². The molecule has 0 heterocycles. The molecule has 0 amide bonds. The zero-order valence-electron chi connectivity index (χ0n) is 44.2. The molecular formula is C77H56N2. The number of nitrogens with zero attached hydrogens (tertiary/aromatic N) is 1. The topological polar surface area (TPSA) is 24.4 Å². The fourth-order valence-electron chi connectivity index (χ4n) is 11.1. The second-order valence-corrected chi connectivity index (χ2v) is 19.9. The van der Waals surface area contributed by atoms with Crippen LogP contribution >= 0.6 is 0 Å². The summed E-state index contributed by atoms with van der Waals surface area (Å²) < 4.78 is 0. The maximum absolute atomic E-state index is 5.72. The molecule has 12 rings (SSSR count). The first-order valence-electron chi connectivity index (χ1n) is 27.0. The number of benzene rings is 10. The van der Waals surface area contributed by atoms with Gasteiger partial charge in [-0.1, -0.05) is 248 Å². The van der Waals surface area contributed by atoms with Gasteiger partial charge >= 0.3 is 0 Å². The number of hydrogen-bond acceptors (Lipinski definition) is 2. The molecule has 2 heteroatoms. The maximum atomic E-state index is 5.72. The number of aliphatic imine (C=N–C) groups is 1. The largest absolute Gasteiger partial charge is 0.285 e. The van der Waals surface area contributed by atoms with Crippen molar-refractivity contribution in [2.45, 2.75) is 26.1 Å². The summed E-state index contributed by atoms with van der Waals surface area (Å²) in [5.74, 6) is 0. The minimum absolute atomic E-state index is 0.0181. The lowest BCUT2D eigenvalue weighted by Gasteiger charge is -2.29. The second-order valence-electron chi connectivity index (χ2n) is 19.9. The molecule has 79 heavy (non-hydrogen) atoms. The van der Waals surface area contributed by atoms with E-state index in [-0.39, 0.29) is 12.2 Å². The van der Waals surface area contributed by atoms with E-state index in [2.05, 4.69) is 316 Å². The van der Waals surface area contributed by atoms with Crippen molar-refractivity contribution >= 4 is 11.3 Å². The highest BCUT2D eigenvalue weighted by Crippen LogP contribution is 2.55. The Morgan fingerprint density at radius 3 is 1.43 bits per heavy atom. The Labute approximate surface area is 465 Å². The Balaban J connectivity index is 1.23. The molecule has 0 spiro atoms. The highest BCUT2D eigenvalue weighted by atomic mass is 15.1. The second kappa shape index (κ2) is 23.0. The van der Waals surface area contributed by atoms with E-state index in [1.54, 1.807) is 0 Å². The van der Waals surface area contributed by atoms with Crippen molar-refractivity contribution < 1.29 is 0 Å². The fourth-order valence-corrected chi connectivity index (χ4v) is 11.1. The first-order valence-corrected chi connectivity index (χ1v) is 27.0. The lowest BCUT2D eigenvalue weighted by molar-refractivity contribution is 0.481. The highest BCUT2D eigenvalue weighted by Gasteiger charge is 2.30. The highest BCUT2D eigenvalue weighted by molar-refractivity contribution is 6.15. The SMILES string of the molecule is C/C(=N\C(NC(C)c1ccccc1)c1ccccc1)c1cc(-c2ccc(-c3ccccc3)cc2-c2ccccc2)cc(-c2c(-c3ccccc3)c(C3=CC=C=C=C3)c(-c3cc#ccc3)c(-c3ccccc3)c2-c2ccccc2)c1. The van der Waals surface area contributed by atoms with Gasteiger partial charge in [-0.25, -0.2) is 0 Å². The molecule has 1 N–H and O–H groups in total. The average Bonchev–Trinajstić information content (AvgIpc) is 3.69. The van der Waals surface area contributed by atoms with E-state index in [0.717, 1.165) is 111 Å². The summed E-state index contributed by atoms with van der Waals surface area (Å²) in [5, 5.41) is 3.93. The van der Waals surface area contributed by atoms with Crippen LogP contribution in [-0.4, -0.2) is 5.71 Å². The van der Waals surface area contributed by atoms with Gasteiger partial charge in [0.1, 0.15) is 6.17 Å². The fraction of sp³-hybridized carbons (Fsp3) is 0.0519. The quantitative estimate of drug-likeness (QED) is 0.0803. The van der Waals surface area contributed by atoms with E-state index in [9.17, 15) is 0 Å². The summed E-state index contributed by atoms with van der Waals surface area (Å²) >= 11 is 0. The average molecular weight is 1010 g/mol. The van der Waals surface area contributed by atoms with Gasteiger partial charge in [-0.3, -0.25) is 10.3 Å². The van der Waals surface area contributed by atoms with Crippen molar-refractivity contribution in [1.29, 1.82) is 0 Å². The molecule has 0 saturated carbocycles. The summed E-state index contributed by atoms with van der Waals surface area (Å²) in [5.41, 5.74) is 30.6. The third kappa shape index (κ3) is 10.6. The molecule has 0 radical (unpaired) electrons. The van der Waals surface area contributed by atoms with Crippen LogP contribution in [0.2, 0.25) is 0 Å². The van der Waals surface area contributed by atoms with Crippen LogP contribution in [0, 0.1) is 12.1 Å². The number of allylic oxidation sites excluding steroid dienone is 4. The van der Waals surface area contributed by atoms with Crippen molar-refractivity contribution in [2.24, 2.45) is 4.99 Å². The molecule has 2 atom stereocenters. The van der Waals surface area contributed by atoms with Crippen LogP contribution in [0.3, 0.4) is 0 Å². The molecule has 0 aromatic heterocycles. The van der Waals surface area contributed by atoms with Gasteiger partial charge in [-0.05, 0) is 191 Å². The molecule has 374 valence electrons. The predicted octanol–water partition coefficient (Wildman–Crippen LogP) is 19.7. The molecular weight excluding hydrogens is 953 g/mol. The van der Waals surface area contributed by atoms with Crippen LogP contribution in [0.5, 0.6) is 0 Å². The molecule has 0 saturated heterocycles.